The Balaban J connectivity index is 2.39. The fourth-order valence-corrected chi connectivity index (χ4v) is 1.19. The molecule has 0 amide bonds. The molecule has 0 aromatic carbocycles. The normalized spacial score (nSPS) is 9.71. The van der Waals surface area contributed by atoms with E-state index in [0.717, 1.165) is 17.1 Å². The zero-order valence-electron chi connectivity index (χ0n) is 7.69. The maximum absolute atomic E-state index is 6.76. The molecule has 0 bridgehead atoms. The summed E-state index contributed by atoms with van der Waals surface area (Å²) in [5.74, 6) is 2.05. The summed E-state index contributed by atoms with van der Waals surface area (Å²) < 4.78 is 5.43. The summed E-state index contributed by atoms with van der Waals surface area (Å²) in [5.41, 5.74) is 0.894. The number of hydrogen-bond acceptors (Lipinski definition) is 2. The predicted octanol–water partition coefficient (Wildman–Crippen LogP) is 3.20. The van der Waals surface area contributed by atoms with E-state index in [9.17, 15) is 0 Å². The zero-order chi connectivity index (χ0) is 9.97. The van der Waals surface area contributed by atoms with E-state index >= 15 is 0 Å². The van der Waals surface area contributed by atoms with Gasteiger partial charge in [0, 0.05) is 0 Å². The number of nitrogens with zero attached hydrogens (tertiary/aromatic N) is 2. The number of pyridine rings is 1. The molecule has 0 fully saturated rings. The van der Waals surface area contributed by atoms with Crippen molar-refractivity contribution >= 4 is 5.82 Å². The molecule has 3 heteroatoms. The molecule has 14 heavy (non-hydrogen) atoms. The molecule has 0 N–H and O–H groups in total. The minimum Gasteiger partial charge on any atom is -0.461 e. The highest BCUT2D eigenvalue weighted by atomic mass is 16.3. The van der Waals surface area contributed by atoms with Gasteiger partial charge >= 0.3 is 0 Å². The van der Waals surface area contributed by atoms with Gasteiger partial charge in [-0.25, -0.2) is 0 Å². The predicted molar refractivity (Wildman–Crippen MR) is 52.9 cm³/mol. The molecule has 0 unspecified atom stereocenters. The lowest BCUT2D eigenvalue weighted by Crippen LogP contribution is -1.75. The molecule has 0 atom stereocenters. The van der Waals surface area contributed by atoms with Gasteiger partial charge in [0.1, 0.15) is 17.7 Å². The van der Waals surface area contributed by atoms with Crippen LogP contribution in [0.15, 0.2) is 34.9 Å². The summed E-state index contributed by atoms with van der Waals surface area (Å²) in [4.78, 5) is 7.19. The van der Waals surface area contributed by atoms with Gasteiger partial charge in [-0.3, -0.25) is 0 Å². The Bertz CT molecular complexity index is 477. The van der Waals surface area contributed by atoms with Crippen molar-refractivity contribution in [2.75, 3.05) is 0 Å². The van der Waals surface area contributed by atoms with E-state index in [2.05, 4.69) is 9.83 Å². The highest BCUT2D eigenvalue weighted by molar-refractivity contribution is 5.58. The van der Waals surface area contributed by atoms with Crippen molar-refractivity contribution in [3.05, 3.63) is 47.6 Å². The van der Waals surface area contributed by atoms with Crippen molar-refractivity contribution < 1.29 is 4.42 Å². The summed E-state index contributed by atoms with van der Waals surface area (Å²) in [6, 6.07) is 7.31. The van der Waals surface area contributed by atoms with E-state index in [1.165, 1.54) is 0 Å². The van der Waals surface area contributed by atoms with Gasteiger partial charge in [0.15, 0.2) is 0 Å². The molecular formula is C11H8N2O. The molecule has 0 spiro atoms. The average molecular weight is 184 g/mol. The second-order valence-electron chi connectivity index (χ2n) is 2.93. The Kier molecular flexibility index (Phi) is 2.04. The minimum absolute atomic E-state index is 0.400. The molecule has 3 nitrogen and oxygen atoms in total. The molecule has 0 aliphatic heterocycles. The lowest BCUT2D eigenvalue weighted by Gasteiger charge is -1.93. The first kappa shape index (κ1) is 8.52. The van der Waals surface area contributed by atoms with Gasteiger partial charge in [0.05, 0.1) is 5.56 Å². The van der Waals surface area contributed by atoms with Crippen LogP contribution in [0.25, 0.3) is 16.2 Å². The second-order valence-corrected chi connectivity index (χ2v) is 2.93. The molecule has 0 saturated carbocycles. The van der Waals surface area contributed by atoms with Gasteiger partial charge < -0.3 is 9.26 Å². The van der Waals surface area contributed by atoms with Crippen molar-refractivity contribution in [2.24, 2.45) is 0 Å². The van der Waals surface area contributed by atoms with Crippen LogP contribution in [0.1, 0.15) is 5.76 Å². The fourth-order valence-electron chi connectivity index (χ4n) is 1.19. The van der Waals surface area contributed by atoms with E-state index in [-0.39, 0.29) is 0 Å². The molecule has 0 aliphatic carbocycles. The van der Waals surface area contributed by atoms with Crippen molar-refractivity contribution in [1.29, 1.82) is 0 Å². The van der Waals surface area contributed by atoms with Crippen LogP contribution >= 0.6 is 0 Å². The molecule has 2 rings (SSSR count). The Morgan fingerprint density at radius 1 is 1.29 bits per heavy atom. The van der Waals surface area contributed by atoms with Crippen molar-refractivity contribution in [3.63, 3.8) is 0 Å². The van der Waals surface area contributed by atoms with Crippen LogP contribution in [-0.2, 0) is 0 Å². The second kappa shape index (κ2) is 3.35. The topological polar surface area (TPSA) is 30.4 Å². The summed E-state index contributed by atoms with van der Waals surface area (Å²) >= 11 is 0. The first-order valence-electron chi connectivity index (χ1n) is 4.20. The van der Waals surface area contributed by atoms with E-state index in [1.54, 1.807) is 12.3 Å². The third-order valence-corrected chi connectivity index (χ3v) is 1.89. The van der Waals surface area contributed by atoms with E-state index in [1.807, 2.05) is 25.1 Å². The van der Waals surface area contributed by atoms with Crippen LogP contribution in [0.2, 0.25) is 0 Å². The van der Waals surface area contributed by atoms with Crippen molar-refractivity contribution in [3.8, 4) is 11.3 Å². The van der Waals surface area contributed by atoms with Gasteiger partial charge in [0.25, 0.3) is 5.82 Å². The third-order valence-electron chi connectivity index (χ3n) is 1.89. The van der Waals surface area contributed by atoms with Gasteiger partial charge in [-0.15, -0.1) is 4.98 Å². The highest BCUT2D eigenvalue weighted by Gasteiger charge is 2.03. The average Bonchev–Trinajstić information content (AvgIpc) is 2.65. The third kappa shape index (κ3) is 1.50. The number of furan rings is 1. The Morgan fingerprint density at radius 3 is 2.64 bits per heavy atom. The smallest absolute Gasteiger partial charge is 0.269 e. The standard InChI is InChI=1S/C11H8N2O/c1-8-3-5-10(14-8)9-4-6-11(12-2)13-7-9/h3-7H,1H3. The van der Waals surface area contributed by atoms with E-state index in [0.29, 0.717) is 5.82 Å². The summed E-state index contributed by atoms with van der Waals surface area (Å²) in [6.07, 6.45) is 1.64. The van der Waals surface area contributed by atoms with Crippen LogP contribution in [0.3, 0.4) is 0 Å². The maximum atomic E-state index is 6.76. The zero-order valence-corrected chi connectivity index (χ0v) is 7.69. The van der Waals surface area contributed by atoms with Crippen LogP contribution in [-0.4, -0.2) is 4.98 Å². The first-order chi connectivity index (χ1) is 6.79. The van der Waals surface area contributed by atoms with E-state index < -0.39 is 0 Å². The minimum atomic E-state index is 0.400. The molecule has 0 radical (unpaired) electrons. The Labute approximate surface area is 81.8 Å². The first-order valence-corrected chi connectivity index (χ1v) is 4.20. The van der Waals surface area contributed by atoms with Crippen LogP contribution in [0.5, 0.6) is 0 Å². The van der Waals surface area contributed by atoms with Gasteiger partial charge in [-0.1, -0.05) is 12.6 Å². The maximum Gasteiger partial charge on any atom is 0.269 e. The van der Waals surface area contributed by atoms with Crippen molar-refractivity contribution in [1.82, 2.24) is 4.98 Å². The van der Waals surface area contributed by atoms with Crippen LogP contribution in [0.4, 0.5) is 5.82 Å². The molecule has 2 aromatic rings. The van der Waals surface area contributed by atoms with Gasteiger partial charge in [-0.05, 0) is 25.1 Å². The lowest BCUT2D eigenvalue weighted by molar-refractivity contribution is 0.548. The van der Waals surface area contributed by atoms with E-state index in [4.69, 9.17) is 11.0 Å². The number of aryl methyl sites for hydroxylation is 1. The number of rotatable bonds is 1. The van der Waals surface area contributed by atoms with Crippen LogP contribution in [0, 0.1) is 13.5 Å². The Morgan fingerprint density at radius 2 is 2.14 bits per heavy atom. The molecular weight excluding hydrogens is 176 g/mol. The number of aromatic nitrogens is 1. The lowest BCUT2D eigenvalue weighted by atomic mass is 10.2. The molecule has 2 heterocycles. The summed E-state index contributed by atoms with van der Waals surface area (Å²) in [6.45, 7) is 8.66. The molecule has 68 valence electrons. The highest BCUT2D eigenvalue weighted by Crippen LogP contribution is 2.22. The molecule has 0 aliphatic rings. The monoisotopic (exact) mass is 184 g/mol. The van der Waals surface area contributed by atoms with Gasteiger partial charge in [-0.2, -0.15) is 0 Å². The van der Waals surface area contributed by atoms with Crippen molar-refractivity contribution in [2.45, 2.75) is 6.92 Å². The SMILES string of the molecule is [C-]#[N+]c1ccc(-c2ccc(C)o2)cn1. The fraction of sp³-hybridized carbons (Fsp3) is 0.0909. The molecule has 0 saturated heterocycles. The summed E-state index contributed by atoms with van der Waals surface area (Å²) in [7, 11) is 0. The quantitative estimate of drug-likeness (QED) is 0.637. The van der Waals surface area contributed by atoms with Crippen LogP contribution < -0.4 is 0 Å². The summed E-state index contributed by atoms with van der Waals surface area (Å²) in [5, 5.41) is 0. The number of hydrogen-bond donors (Lipinski definition) is 0. The molecule has 2 aromatic heterocycles. The Hall–Kier alpha value is -2.08. The van der Waals surface area contributed by atoms with Gasteiger partial charge in [0.2, 0.25) is 0 Å². The largest absolute Gasteiger partial charge is 0.461 e.